The first kappa shape index (κ1) is 23.5. The number of nitriles is 1. The van der Waals surface area contributed by atoms with Gasteiger partial charge in [-0.15, -0.1) is 0 Å². The minimum Gasteiger partial charge on any atom is -0.486 e. The molecule has 0 atom stereocenters. The zero-order valence-electron chi connectivity index (χ0n) is 19.8. The lowest BCUT2D eigenvalue weighted by molar-refractivity contribution is 0.0239. The first-order chi connectivity index (χ1) is 17.4. The number of fused-ring (bicyclic) bond motifs is 1. The van der Waals surface area contributed by atoms with Crippen molar-refractivity contribution in [3.05, 3.63) is 65.7 Å². The molecule has 1 saturated heterocycles. The van der Waals surface area contributed by atoms with E-state index in [1.807, 2.05) is 0 Å². The monoisotopic (exact) mass is 486 g/mol. The van der Waals surface area contributed by atoms with Crippen LogP contribution in [0, 0.1) is 17.1 Å². The molecule has 1 aliphatic rings. The fourth-order valence-corrected chi connectivity index (χ4v) is 4.13. The quantitative estimate of drug-likeness (QED) is 0.398. The number of hydrogen-bond donors (Lipinski definition) is 0. The highest BCUT2D eigenvalue weighted by Crippen LogP contribution is 2.36. The summed E-state index contributed by atoms with van der Waals surface area (Å²) in [7, 11) is 3.35. The largest absolute Gasteiger partial charge is 0.486 e. The van der Waals surface area contributed by atoms with Gasteiger partial charge in [0, 0.05) is 51.0 Å². The molecule has 8 nitrogen and oxygen atoms in total. The molecule has 0 bridgehead atoms. The lowest BCUT2D eigenvalue weighted by Gasteiger charge is -2.24. The number of amides is 1. The third kappa shape index (κ3) is 4.51. The van der Waals surface area contributed by atoms with E-state index in [2.05, 4.69) is 16.0 Å². The van der Waals surface area contributed by atoms with Crippen LogP contribution in [0.15, 0.2) is 53.2 Å². The van der Waals surface area contributed by atoms with Crippen LogP contribution < -0.4 is 4.74 Å². The van der Waals surface area contributed by atoms with Crippen molar-refractivity contribution in [2.45, 2.75) is 18.9 Å². The normalized spacial score (nSPS) is 13.9. The Labute approximate surface area is 206 Å². The van der Waals surface area contributed by atoms with E-state index in [9.17, 15) is 10.1 Å². The number of halogens is 1. The van der Waals surface area contributed by atoms with E-state index in [1.54, 1.807) is 50.6 Å². The fourth-order valence-electron chi connectivity index (χ4n) is 4.13. The minimum atomic E-state index is -0.616. The van der Waals surface area contributed by atoms with Gasteiger partial charge in [-0.05, 0) is 35.9 Å². The molecular formula is C27H23FN4O4. The van der Waals surface area contributed by atoms with Gasteiger partial charge in [-0.3, -0.25) is 14.8 Å². The maximum atomic E-state index is 15.2. The summed E-state index contributed by atoms with van der Waals surface area (Å²) in [5, 5.41) is 9.71. The van der Waals surface area contributed by atoms with Crippen molar-refractivity contribution in [1.82, 2.24) is 14.9 Å². The topological polar surface area (TPSA) is 101 Å². The first-order valence-corrected chi connectivity index (χ1v) is 11.5. The van der Waals surface area contributed by atoms with Crippen LogP contribution in [0.1, 0.15) is 28.8 Å². The summed E-state index contributed by atoms with van der Waals surface area (Å²) >= 11 is 0. The van der Waals surface area contributed by atoms with E-state index in [-0.39, 0.29) is 23.3 Å². The van der Waals surface area contributed by atoms with Crippen molar-refractivity contribution in [3.63, 3.8) is 0 Å². The van der Waals surface area contributed by atoms with Crippen LogP contribution in [0.3, 0.4) is 0 Å². The third-order valence-corrected chi connectivity index (χ3v) is 6.01. The Kier molecular flexibility index (Phi) is 6.36. The molecule has 1 aliphatic heterocycles. The SMILES string of the molecule is CN(C)C(=O)c1ccc(-c2cc3nccc(-c4cc(F)c(OC5CCOCC5)c(C#N)c4)c3o2)nc1. The predicted octanol–water partition coefficient (Wildman–Crippen LogP) is 4.83. The van der Waals surface area contributed by atoms with Crippen molar-refractivity contribution in [1.29, 1.82) is 5.26 Å². The Balaban J connectivity index is 1.50. The zero-order chi connectivity index (χ0) is 25.2. The Morgan fingerprint density at radius 3 is 2.67 bits per heavy atom. The summed E-state index contributed by atoms with van der Waals surface area (Å²) < 4.78 is 32.4. The fraction of sp³-hybridized carbons (Fsp3) is 0.259. The molecule has 0 N–H and O–H groups in total. The first-order valence-electron chi connectivity index (χ1n) is 11.5. The summed E-state index contributed by atoms with van der Waals surface area (Å²) in [6.07, 6.45) is 4.18. The number of hydrogen-bond acceptors (Lipinski definition) is 7. The molecule has 0 radical (unpaired) electrons. The van der Waals surface area contributed by atoms with E-state index in [0.717, 1.165) is 0 Å². The van der Waals surface area contributed by atoms with Crippen LogP contribution in [-0.4, -0.2) is 54.2 Å². The van der Waals surface area contributed by atoms with Crippen LogP contribution in [-0.2, 0) is 4.74 Å². The Morgan fingerprint density at radius 2 is 1.97 bits per heavy atom. The predicted molar refractivity (Wildman–Crippen MR) is 130 cm³/mol. The number of rotatable bonds is 5. The lowest BCUT2D eigenvalue weighted by Crippen LogP contribution is -2.26. The number of carbonyl (C=O) groups excluding carboxylic acids is 1. The van der Waals surface area contributed by atoms with Crippen molar-refractivity contribution in [3.8, 4) is 34.4 Å². The molecule has 4 heterocycles. The molecule has 1 amide bonds. The minimum absolute atomic E-state index is 0.0462. The van der Waals surface area contributed by atoms with Crippen molar-refractivity contribution < 1.29 is 23.1 Å². The van der Waals surface area contributed by atoms with Gasteiger partial charge in [-0.25, -0.2) is 4.39 Å². The molecule has 9 heteroatoms. The average molecular weight is 487 g/mol. The third-order valence-electron chi connectivity index (χ3n) is 6.01. The number of ether oxygens (including phenoxy) is 2. The number of benzene rings is 1. The highest BCUT2D eigenvalue weighted by Gasteiger charge is 2.22. The molecular weight excluding hydrogens is 463 g/mol. The average Bonchev–Trinajstić information content (AvgIpc) is 3.34. The Morgan fingerprint density at radius 1 is 1.17 bits per heavy atom. The van der Waals surface area contributed by atoms with Crippen molar-refractivity contribution >= 4 is 17.0 Å². The second kappa shape index (κ2) is 9.76. The highest BCUT2D eigenvalue weighted by molar-refractivity contribution is 5.94. The molecule has 0 spiro atoms. The smallest absolute Gasteiger partial charge is 0.254 e. The second-order valence-corrected chi connectivity index (χ2v) is 8.69. The standard InChI is InChI=1S/C27H23FN4O4/c1-32(2)27(33)16-3-4-22(31-15-16)24-13-23-26(36-24)20(5-8-30-23)17-11-18(14-29)25(21(28)12-17)35-19-6-9-34-10-7-19/h3-5,8,11-13,15,19H,6-7,9-10H2,1-2H3. The van der Waals surface area contributed by atoms with E-state index >= 15 is 4.39 Å². The molecule has 4 aromatic rings. The maximum Gasteiger partial charge on any atom is 0.254 e. The lowest BCUT2D eigenvalue weighted by atomic mass is 10.0. The van der Waals surface area contributed by atoms with E-state index in [1.165, 1.54) is 17.2 Å². The molecule has 5 rings (SSSR count). The van der Waals surface area contributed by atoms with Crippen LogP contribution in [0.2, 0.25) is 0 Å². The molecule has 0 saturated carbocycles. The van der Waals surface area contributed by atoms with Crippen LogP contribution in [0.5, 0.6) is 5.75 Å². The summed E-state index contributed by atoms with van der Waals surface area (Å²) in [5.74, 6) is -0.360. The molecule has 182 valence electrons. The summed E-state index contributed by atoms with van der Waals surface area (Å²) in [6.45, 7) is 1.09. The van der Waals surface area contributed by atoms with E-state index < -0.39 is 5.82 Å². The maximum absolute atomic E-state index is 15.2. The van der Waals surface area contributed by atoms with E-state index in [4.69, 9.17) is 13.9 Å². The molecule has 0 aliphatic carbocycles. The van der Waals surface area contributed by atoms with Gasteiger partial charge in [-0.2, -0.15) is 5.26 Å². The molecule has 3 aromatic heterocycles. The summed E-state index contributed by atoms with van der Waals surface area (Å²) in [6, 6.07) is 11.8. The van der Waals surface area contributed by atoms with Crippen LogP contribution >= 0.6 is 0 Å². The summed E-state index contributed by atoms with van der Waals surface area (Å²) in [5.41, 5.74) is 3.13. The van der Waals surface area contributed by atoms with E-state index in [0.29, 0.717) is 65.3 Å². The van der Waals surface area contributed by atoms with Gasteiger partial charge in [0.15, 0.2) is 22.9 Å². The number of nitrogens with zero attached hydrogens (tertiary/aromatic N) is 4. The second-order valence-electron chi connectivity index (χ2n) is 8.69. The van der Waals surface area contributed by atoms with Gasteiger partial charge in [0.1, 0.15) is 23.4 Å². The highest BCUT2D eigenvalue weighted by atomic mass is 19.1. The van der Waals surface area contributed by atoms with Crippen molar-refractivity contribution in [2.24, 2.45) is 0 Å². The van der Waals surface area contributed by atoms with Gasteiger partial charge >= 0.3 is 0 Å². The van der Waals surface area contributed by atoms with Gasteiger partial charge in [0.25, 0.3) is 5.91 Å². The molecule has 1 fully saturated rings. The number of furan rings is 1. The Hall–Kier alpha value is -4.29. The number of carbonyl (C=O) groups is 1. The number of aromatic nitrogens is 2. The van der Waals surface area contributed by atoms with Gasteiger partial charge in [0.2, 0.25) is 0 Å². The van der Waals surface area contributed by atoms with Gasteiger partial charge in [-0.1, -0.05) is 0 Å². The van der Waals surface area contributed by atoms with Gasteiger partial charge in [0.05, 0.1) is 24.3 Å². The van der Waals surface area contributed by atoms with Crippen molar-refractivity contribution in [2.75, 3.05) is 27.3 Å². The zero-order valence-corrected chi connectivity index (χ0v) is 19.8. The molecule has 1 aromatic carbocycles. The molecule has 0 unspecified atom stereocenters. The number of pyridine rings is 2. The van der Waals surface area contributed by atoms with Crippen LogP contribution in [0.25, 0.3) is 33.7 Å². The molecule has 36 heavy (non-hydrogen) atoms. The summed E-state index contributed by atoms with van der Waals surface area (Å²) in [4.78, 5) is 22.3. The van der Waals surface area contributed by atoms with Crippen LogP contribution in [0.4, 0.5) is 4.39 Å². The van der Waals surface area contributed by atoms with Gasteiger partial charge < -0.3 is 18.8 Å². The Bertz CT molecular complexity index is 1470.